The van der Waals surface area contributed by atoms with Crippen LogP contribution >= 0.6 is 0 Å². The van der Waals surface area contributed by atoms with Gasteiger partial charge in [0, 0.05) is 6.61 Å². The SMILES string of the molecule is CCNCCC(CO)C1CC1. The van der Waals surface area contributed by atoms with E-state index in [9.17, 15) is 0 Å². The van der Waals surface area contributed by atoms with E-state index in [0.717, 1.165) is 25.4 Å². The normalized spacial score (nSPS) is 20.2. The molecule has 1 atom stereocenters. The van der Waals surface area contributed by atoms with Crippen LogP contribution in [0.5, 0.6) is 0 Å². The average molecular weight is 157 g/mol. The molecule has 1 rings (SSSR count). The summed E-state index contributed by atoms with van der Waals surface area (Å²) < 4.78 is 0. The van der Waals surface area contributed by atoms with Gasteiger partial charge in [0.25, 0.3) is 0 Å². The molecule has 0 radical (unpaired) electrons. The lowest BCUT2D eigenvalue weighted by Gasteiger charge is -2.12. The third kappa shape index (κ3) is 3.21. The minimum atomic E-state index is 0.385. The van der Waals surface area contributed by atoms with Crippen molar-refractivity contribution in [2.45, 2.75) is 26.2 Å². The molecule has 2 heteroatoms. The first-order chi connectivity index (χ1) is 5.38. The fraction of sp³-hybridized carbons (Fsp3) is 1.00. The molecule has 0 heterocycles. The molecule has 1 fully saturated rings. The van der Waals surface area contributed by atoms with Gasteiger partial charge < -0.3 is 10.4 Å². The Morgan fingerprint density at radius 2 is 2.27 bits per heavy atom. The van der Waals surface area contributed by atoms with Gasteiger partial charge in [-0.1, -0.05) is 6.92 Å². The lowest BCUT2D eigenvalue weighted by atomic mass is 10.0. The lowest BCUT2D eigenvalue weighted by Crippen LogP contribution is -2.20. The van der Waals surface area contributed by atoms with Gasteiger partial charge in [0.1, 0.15) is 0 Å². The fourth-order valence-electron chi connectivity index (χ4n) is 1.51. The molecule has 2 N–H and O–H groups in total. The Bertz CT molecular complexity index is 102. The molecular formula is C9H19NO. The maximum atomic E-state index is 9.01. The van der Waals surface area contributed by atoms with E-state index in [1.807, 2.05) is 0 Å². The molecule has 0 aromatic rings. The van der Waals surface area contributed by atoms with Crippen molar-refractivity contribution in [1.29, 1.82) is 0 Å². The monoisotopic (exact) mass is 157 g/mol. The number of rotatable bonds is 6. The second-order valence-electron chi connectivity index (χ2n) is 3.42. The number of nitrogens with one attached hydrogen (secondary N) is 1. The number of hydrogen-bond donors (Lipinski definition) is 2. The van der Waals surface area contributed by atoms with Gasteiger partial charge in [0.2, 0.25) is 0 Å². The van der Waals surface area contributed by atoms with Crippen molar-refractivity contribution in [2.24, 2.45) is 11.8 Å². The molecule has 1 aliphatic rings. The van der Waals surface area contributed by atoms with Crippen LogP contribution in [0.4, 0.5) is 0 Å². The van der Waals surface area contributed by atoms with Crippen molar-refractivity contribution in [3.8, 4) is 0 Å². The van der Waals surface area contributed by atoms with E-state index in [-0.39, 0.29) is 0 Å². The van der Waals surface area contributed by atoms with Gasteiger partial charge in [-0.2, -0.15) is 0 Å². The van der Waals surface area contributed by atoms with Crippen LogP contribution in [0, 0.1) is 11.8 Å². The summed E-state index contributed by atoms with van der Waals surface area (Å²) in [6.45, 7) is 4.61. The highest BCUT2D eigenvalue weighted by Crippen LogP contribution is 2.37. The lowest BCUT2D eigenvalue weighted by molar-refractivity contribution is 0.201. The molecule has 0 spiro atoms. The van der Waals surface area contributed by atoms with Crippen molar-refractivity contribution in [3.05, 3.63) is 0 Å². The van der Waals surface area contributed by atoms with E-state index in [1.54, 1.807) is 0 Å². The summed E-state index contributed by atoms with van der Waals surface area (Å²) in [4.78, 5) is 0. The molecule has 0 aliphatic heterocycles. The maximum Gasteiger partial charge on any atom is 0.0462 e. The molecular weight excluding hydrogens is 138 g/mol. The summed E-state index contributed by atoms with van der Waals surface area (Å²) in [6.07, 6.45) is 3.84. The zero-order chi connectivity index (χ0) is 8.10. The van der Waals surface area contributed by atoms with E-state index >= 15 is 0 Å². The third-order valence-electron chi connectivity index (χ3n) is 2.47. The molecule has 11 heavy (non-hydrogen) atoms. The molecule has 0 aromatic carbocycles. The predicted molar refractivity (Wildman–Crippen MR) is 46.5 cm³/mol. The highest BCUT2D eigenvalue weighted by molar-refractivity contribution is 4.81. The summed E-state index contributed by atoms with van der Waals surface area (Å²) in [5.41, 5.74) is 0. The molecule has 66 valence electrons. The Labute approximate surface area is 69.0 Å². The van der Waals surface area contributed by atoms with Crippen molar-refractivity contribution in [1.82, 2.24) is 5.32 Å². The van der Waals surface area contributed by atoms with E-state index < -0.39 is 0 Å². The van der Waals surface area contributed by atoms with Crippen molar-refractivity contribution in [2.75, 3.05) is 19.7 Å². The standard InChI is InChI=1S/C9H19NO/c1-2-10-6-5-9(7-11)8-3-4-8/h8-11H,2-7H2,1H3. The first kappa shape index (κ1) is 9.01. The van der Waals surface area contributed by atoms with Gasteiger partial charge in [-0.05, 0) is 44.2 Å². The highest BCUT2D eigenvalue weighted by atomic mass is 16.3. The van der Waals surface area contributed by atoms with Gasteiger partial charge in [-0.15, -0.1) is 0 Å². The van der Waals surface area contributed by atoms with Gasteiger partial charge >= 0.3 is 0 Å². The van der Waals surface area contributed by atoms with Crippen LogP contribution in [-0.2, 0) is 0 Å². The molecule has 1 unspecified atom stereocenters. The molecule has 1 aliphatic carbocycles. The minimum Gasteiger partial charge on any atom is -0.396 e. The Balaban J connectivity index is 2.01. The zero-order valence-corrected chi connectivity index (χ0v) is 7.34. The summed E-state index contributed by atoms with van der Waals surface area (Å²) in [7, 11) is 0. The van der Waals surface area contributed by atoms with E-state index in [4.69, 9.17) is 5.11 Å². The average Bonchev–Trinajstić information content (AvgIpc) is 2.81. The van der Waals surface area contributed by atoms with E-state index in [1.165, 1.54) is 12.8 Å². The smallest absolute Gasteiger partial charge is 0.0462 e. The molecule has 1 saturated carbocycles. The number of hydrogen-bond acceptors (Lipinski definition) is 2. The highest BCUT2D eigenvalue weighted by Gasteiger charge is 2.29. The molecule has 0 amide bonds. The second kappa shape index (κ2) is 4.73. The third-order valence-corrected chi connectivity index (χ3v) is 2.47. The molecule has 0 bridgehead atoms. The maximum absolute atomic E-state index is 9.01. The minimum absolute atomic E-state index is 0.385. The zero-order valence-electron chi connectivity index (χ0n) is 7.34. The largest absolute Gasteiger partial charge is 0.396 e. The van der Waals surface area contributed by atoms with E-state index in [0.29, 0.717) is 12.5 Å². The van der Waals surface area contributed by atoms with Crippen LogP contribution in [0.25, 0.3) is 0 Å². The van der Waals surface area contributed by atoms with Crippen LogP contribution < -0.4 is 5.32 Å². The van der Waals surface area contributed by atoms with Crippen LogP contribution in [-0.4, -0.2) is 24.8 Å². The second-order valence-corrected chi connectivity index (χ2v) is 3.42. The Morgan fingerprint density at radius 3 is 2.73 bits per heavy atom. The van der Waals surface area contributed by atoms with Gasteiger partial charge in [0.15, 0.2) is 0 Å². The molecule has 2 nitrogen and oxygen atoms in total. The van der Waals surface area contributed by atoms with Crippen molar-refractivity contribution >= 4 is 0 Å². The first-order valence-electron chi connectivity index (χ1n) is 4.70. The van der Waals surface area contributed by atoms with Crippen LogP contribution in [0.2, 0.25) is 0 Å². The topological polar surface area (TPSA) is 32.3 Å². The summed E-state index contributed by atoms with van der Waals surface area (Å²) in [6, 6.07) is 0. The van der Waals surface area contributed by atoms with Gasteiger partial charge in [-0.3, -0.25) is 0 Å². The van der Waals surface area contributed by atoms with Gasteiger partial charge in [0.05, 0.1) is 0 Å². The van der Waals surface area contributed by atoms with Crippen molar-refractivity contribution in [3.63, 3.8) is 0 Å². The molecule has 0 saturated heterocycles. The Kier molecular flexibility index (Phi) is 3.87. The van der Waals surface area contributed by atoms with Gasteiger partial charge in [-0.25, -0.2) is 0 Å². The quantitative estimate of drug-likeness (QED) is 0.564. The summed E-state index contributed by atoms with van der Waals surface area (Å²) in [5.74, 6) is 1.42. The first-order valence-corrected chi connectivity index (χ1v) is 4.70. The Morgan fingerprint density at radius 1 is 1.55 bits per heavy atom. The number of aliphatic hydroxyl groups is 1. The summed E-state index contributed by atoms with van der Waals surface area (Å²) in [5, 5.41) is 12.3. The summed E-state index contributed by atoms with van der Waals surface area (Å²) >= 11 is 0. The van der Waals surface area contributed by atoms with Crippen LogP contribution in [0.1, 0.15) is 26.2 Å². The van der Waals surface area contributed by atoms with E-state index in [2.05, 4.69) is 12.2 Å². The molecule has 0 aromatic heterocycles. The number of aliphatic hydroxyl groups excluding tert-OH is 1. The predicted octanol–water partition coefficient (Wildman–Crippen LogP) is 1.00. The Hall–Kier alpha value is -0.0800. The van der Waals surface area contributed by atoms with Crippen LogP contribution in [0.3, 0.4) is 0 Å². The van der Waals surface area contributed by atoms with Crippen molar-refractivity contribution < 1.29 is 5.11 Å². The van der Waals surface area contributed by atoms with Crippen LogP contribution in [0.15, 0.2) is 0 Å². The fourth-order valence-corrected chi connectivity index (χ4v) is 1.51.